The lowest BCUT2D eigenvalue weighted by atomic mass is 10.2. The SMILES string of the molecule is O=C(Nc1ccnc(Cl)n1)c1ccc(O)cc1. The normalized spacial score (nSPS) is 9.94. The van der Waals surface area contributed by atoms with E-state index in [9.17, 15) is 4.79 Å². The van der Waals surface area contributed by atoms with Crippen LogP contribution in [0.5, 0.6) is 5.75 Å². The molecule has 0 fully saturated rings. The average Bonchev–Trinajstić information content (AvgIpc) is 2.29. The quantitative estimate of drug-likeness (QED) is 0.799. The Morgan fingerprint density at radius 3 is 2.59 bits per heavy atom. The highest BCUT2D eigenvalue weighted by Gasteiger charge is 2.06. The zero-order valence-electron chi connectivity index (χ0n) is 8.59. The number of anilines is 1. The molecule has 0 atom stereocenters. The van der Waals surface area contributed by atoms with E-state index in [2.05, 4.69) is 15.3 Å². The summed E-state index contributed by atoms with van der Waals surface area (Å²) in [5.41, 5.74) is 0.414. The lowest BCUT2D eigenvalue weighted by Crippen LogP contribution is -2.12. The van der Waals surface area contributed by atoms with E-state index in [1.165, 1.54) is 36.5 Å². The summed E-state index contributed by atoms with van der Waals surface area (Å²) < 4.78 is 0. The number of aromatic nitrogens is 2. The van der Waals surface area contributed by atoms with Gasteiger partial charge in [-0.2, -0.15) is 0 Å². The summed E-state index contributed by atoms with van der Waals surface area (Å²) in [6, 6.07) is 7.41. The molecule has 1 aromatic heterocycles. The number of nitrogens with zero attached hydrogens (tertiary/aromatic N) is 2. The van der Waals surface area contributed by atoms with Crippen molar-refractivity contribution in [1.82, 2.24) is 9.97 Å². The molecule has 86 valence electrons. The first-order valence-corrected chi connectivity index (χ1v) is 5.12. The molecule has 0 radical (unpaired) electrons. The van der Waals surface area contributed by atoms with Crippen molar-refractivity contribution < 1.29 is 9.90 Å². The summed E-state index contributed by atoms with van der Waals surface area (Å²) in [7, 11) is 0. The van der Waals surface area contributed by atoms with Gasteiger partial charge in [0.15, 0.2) is 0 Å². The Bertz CT molecular complexity index is 543. The van der Waals surface area contributed by atoms with Crippen LogP contribution in [0.25, 0.3) is 0 Å². The summed E-state index contributed by atoms with van der Waals surface area (Å²) in [6.07, 6.45) is 1.45. The van der Waals surface area contributed by atoms with Crippen molar-refractivity contribution >= 4 is 23.3 Å². The monoisotopic (exact) mass is 249 g/mol. The van der Waals surface area contributed by atoms with Gasteiger partial charge in [-0.15, -0.1) is 0 Å². The first-order valence-electron chi connectivity index (χ1n) is 4.74. The van der Waals surface area contributed by atoms with Crippen LogP contribution < -0.4 is 5.32 Å². The highest BCUT2D eigenvalue weighted by Crippen LogP contribution is 2.12. The maximum absolute atomic E-state index is 11.7. The van der Waals surface area contributed by atoms with Crippen molar-refractivity contribution in [1.29, 1.82) is 0 Å². The lowest BCUT2D eigenvalue weighted by Gasteiger charge is -2.04. The lowest BCUT2D eigenvalue weighted by molar-refractivity contribution is 0.102. The average molecular weight is 250 g/mol. The van der Waals surface area contributed by atoms with Crippen molar-refractivity contribution in [2.45, 2.75) is 0 Å². The summed E-state index contributed by atoms with van der Waals surface area (Å²) in [4.78, 5) is 19.3. The second-order valence-corrected chi connectivity index (χ2v) is 3.55. The molecule has 6 heteroatoms. The number of carbonyl (C=O) groups is 1. The van der Waals surface area contributed by atoms with Crippen molar-refractivity contribution in [2.75, 3.05) is 5.32 Å². The maximum atomic E-state index is 11.7. The van der Waals surface area contributed by atoms with E-state index in [0.717, 1.165) is 0 Å². The van der Waals surface area contributed by atoms with Gasteiger partial charge in [-0.25, -0.2) is 9.97 Å². The summed E-state index contributed by atoms with van der Waals surface area (Å²) in [6.45, 7) is 0. The minimum absolute atomic E-state index is 0.0634. The van der Waals surface area contributed by atoms with E-state index < -0.39 is 0 Å². The fourth-order valence-electron chi connectivity index (χ4n) is 1.21. The molecule has 1 heterocycles. The van der Waals surface area contributed by atoms with Gasteiger partial charge < -0.3 is 10.4 Å². The van der Waals surface area contributed by atoms with Gasteiger partial charge in [0.25, 0.3) is 5.91 Å². The van der Waals surface area contributed by atoms with Crippen molar-refractivity contribution in [3.05, 3.63) is 47.4 Å². The molecule has 0 spiro atoms. The Labute approximate surface area is 102 Å². The molecule has 2 N–H and O–H groups in total. The molecule has 2 rings (SSSR count). The van der Waals surface area contributed by atoms with E-state index >= 15 is 0 Å². The molecule has 0 saturated heterocycles. The van der Waals surface area contributed by atoms with Crippen LogP contribution in [-0.2, 0) is 0 Å². The van der Waals surface area contributed by atoms with Gasteiger partial charge in [-0.3, -0.25) is 4.79 Å². The second kappa shape index (κ2) is 4.80. The number of carbonyl (C=O) groups excluding carboxylic acids is 1. The van der Waals surface area contributed by atoms with Crippen LogP contribution in [0.2, 0.25) is 5.28 Å². The summed E-state index contributed by atoms with van der Waals surface area (Å²) in [5, 5.41) is 11.7. The van der Waals surface area contributed by atoms with Crippen LogP contribution in [0.15, 0.2) is 36.5 Å². The number of hydrogen-bond donors (Lipinski definition) is 2. The number of benzene rings is 1. The minimum atomic E-state index is -0.334. The van der Waals surface area contributed by atoms with E-state index in [-0.39, 0.29) is 16.9 Å². The zero-order valence-corrected chi connectivity index (χ0v) is 9.35. The third-order valence-electron chi connectivity index (χ3n) is 2.00. The van der Waals surface area contributed by atoms with Crippen LogP contribution in [-0.4, -0.2) is 21.0 Å². The first-order chi connectivity index (χ1) is 8.15. The molecule has 5 nitrogen and oxygen atoms in total. The predicted octanol–water partition coefficient (Wildman–Crippen LogP) is 2.09. The Balaban J connectivity index is 2.14. The molecule has 0 unspecified atom stereocenters. The van der Waals surface area contributed by atoms with E-state index in [4.69, 9.17) is 16.7 Å². The van der Waals surface area contributed by atoms with E-state index in [1.54, 1.807) is 0 Å². The Morgan fingerprint density at radius 2 is 1.94 bits per heavy atom. The summed E-state index contributed by atoms with van der Waals surface area (Å²) in [5.74, 6) is 0.0921. The number of nitrogens with one attached hydrogen (secondary N) is 1. The highest BCUT2D eigenvalue weighted by atomic mass is 35.5. The van der Waals surface area contributed by atoms with Gasteiger partial charge in [0.2, 0.25) is 5.28 Å². The molecular weight excluding hydrogens is 242 g/mol. The third kappa shape index (κ3) is 2.92. The molecule has 0 aliphatic carbocycles. The van der Waals surface area contributed by atoms with Crippen molar-refractivity contribution in [2.24, 2.45) is 0 Å². The van der Waals surface area contributed by atoms with Crippen molar-refractivity contribution in [3.8, 4) is 5.75 Å². The van der Waals surface area contributed by atoms with Crippen LogP contribution in [0.4, 0.5) is 5.82 Å². The largest absolute Gasteiger partial charge is 0.508 e. The zero-order chi connectivity index (χ0) is 12.3. The molecule has 2 aromatic rings. The Kier molecular flexibility index (Phi) is 3.20. The Hall–Kier alpha value is -2.14. The number of aromatic hydroxyl groups is 1. The topological polar surface area (TPSA) is 75.1 Å². The van der Waals surface area contributed by atoms with Gasteiger partial charge in [0.1, 0.15) is 11.6 Å². The minimum Gasteiger partial charge on any atom is -0.508 e. The predicted molar refractivity (Wildman–Crippen MR) is 63.1 cm³/mol. The molecule has 17 heavy (non-hydrogen) atoms. The molecular formula is C11H8ClN3O2. The third-order valence-corrected chi connectivity index (χ3v) is 2.18. The maximum Gasteiger partial charge on any atom is 0.256 e. The fourth-order valence-corrected chi connectivity index (χ4v) is 1.35. The van der Waals surface area contributed by atoms with Crippen LogP contribution in [0.3, 0.4) is 0 Å². The molecule has 0 saturated carbocycles. The fraction of sp³-hybridized carbons (Fsp3) is 0. The van der Waals surface area contributed by atoms with Gasteiger partial charge >= 0.3 is 0 Å². The second-order valence-electron chi connectivity index (χ2n) is 3.21. The van der Waals surface area contributed by atoms with Crippen LogP contribution >= 0.6 is 11.6 Å². The molecule has 1 aromatic carbocycles. The molecule has 0 bridgehead atoms. The number of rotatable bonds is 2. The molecule has 0 aliphatic rings. The van der Waals surface area contributed by atoms with E-state index in [0.29, 0.717) is 11.4 Å². The standard InChI is InChI=1S/C11H8ClN3O2/c12-11-13-6-5-9(15-11)14-10(17)7-1-3-8(16)4-2-7/h1-6,16H,(H,13,14,15,17). The Morgan fingerprint density at radius 1 is 1.24 bits per heavy atom. The van der Waals surface area contributed by atoms with Gasteiger partial charge in [0.05, 0.1) is 0 Å². The smallest absolute Gasteiger partial charge is 0.256 e. The number of amides is 1. The van der Waals surface area contributed by atoms with Gasteiger partial charge in [-0.05, 0) is 41.9 Å². The number of phenolic OH excluding ortho intramolecular Hbond substituents is 1. The molecule has 1 amide bonds. The van der Waals surface area contributed by atoms with Crippen LogP contribution in [0, 0.1) is 0 Å². The first kappa shape index (κ1) is 11.3. The van der Waals surface area contributed by atoms with Crippen molar-refractivity contribution in [3.63, 3.8) is 0 Å². The molecule has 0 aliphatic heterocycles. The highest BCUT2D eigenvalue weighted by molar-refractivity contribution is 6.28. The van der Waals surface area contributed by atoms with E-state index in [1.807, 2.05) is 0 Å². The number of phenols is 1. The number of halogens is 1. The van der Waals surface area contributed by atoms with Gasteiger partial charge in [0, 0.05) is 11.8 Å². The number of hydrogen-bond acceptors (Lipinski definition) is 4. The van der Waals surface area contributed by atoms with Gasteiger partial charge in [-0.1, -0.05) is 0 Å². The van der Waals surface area contributed by atoms with Crippen LogP contribution in [0.1, 0.15) is 10.4 Å². The summed E-state index contributed by atoms with van der Waals surface area (Å²) >= 11 is 5.59.